The molecule has 0 aliphatic carbocycles. The second-order valence-electron chi connectivity index (χ2n) is 4.75. The largest absolute Gasteiger partial charge is 0.396 e. The quantitative estimate of drug-likeness (QED) is 0.833. The number of rotatable bonds is 6. The van der Waals surface area contributed by atoms with Crippen molar-refractivity contribution in [2.45, 2.75) is 32.7 Å². The third kappa shape index (κ3) is 4.52. The summed E-state index contributed by atoms with van der Waals surface area (Å²) in [7, 11) is 1.82. The van der Waals surface area contributed by atoms with E-state index in [1.807, 2.05) is 25.8 Å². The number of aliphatic hydroxyl groups is 1. The number of hydrogen-bond donors (Lipinski definition) is 2. The molecule has 5 heteroatoms. The van der Waals surface area contributed by atoms with Crippen LogP contribution in [0, 0.1) is 5.82 Å². The number of halogens is 1. The van der Waals surface area contributed by atoms with Gasteiger partial charge in [-0.05, 0) is 38.5 Å². The van der Waals surface area contributed by atoms with E-state index in [-0.39, 0.29) is 30.8 Å². The van der Waals surface area contributed by atoms with Crippen molar-refractivity contribution < 1.29 is 14.3 Å². The van der Waals surface area contributed by atoms with Crippen molar-refractivity contribution in [3.05, 3.63) is 24.0 Å². The molecule has 0 aliphatic heterocycles. The molecule has 0 unspecified atom stereocenters. The highest BCUT2D eigenvalue weighted by Crippen LogP contribution is 2.23. The van der Waals surface area contributed by atoms with Gasteiger partial charge in [-0.3, -0.25) is 4.79 Å². The number of carbonyl (C=O) groups is 1. The van der Waals surface area contributed by atoms with Gasteiger partial charge in [0.05, 0.1) is 5.69 Å². The summed E-state index contributed by atoms with van der Waals surface area (Å²) >= 11 is 0. The van der Waals surface area contributed by atoms with Gasteiger partial charge in [-0.1, -0.05) is 0 Å². The Morgan fingerprint density at radius 3 is 2.68 bits per heavy atom. The van der Waals surface area contributed by atoms with E-state index in [2.05, 4.69) is 5.32 Å². The summed E-state index contributed by atoms with van der Waals surface area (Å²) in [6.07, 6.45) is 0.633. The van der Waals surface area contributed by atoms with Crippen LogP contribution in [0.4, 0.5) is 15.8 Å². The Labute approximate surface area is 113 Å². The van der Waals surface area contributed by atoms with Crippen molar-refractivity contribution in [1.29, 1.82) is 0 Å². The van der Waals surface area contributed by atoms with E-state index in [1.165, 1.54) is 6.07 Å². The average Bonchev–Trinajstić information content (AvgIpc) is 2.35. The van der Waals surface area contributed by atoms with Gasteiger partial charge in [0, 0.05) is 31.8 Å². The van der Waals surface area contributed by atoms with Gasteiger partial charge in [0.2, 0.25) is 5.91 Å². The second-order valence-corrected chi connectivity index (χ2v) is 4.75. The first-order valence-corrected chi connectivity index (χ1v) is 6.38. The molecule has 0 saturated heterocycles. The van der Waals surface area contributed by atoms with Crippen LogP contribution in [0.2, 0.25) is 0 Å². The van der Waals surface area contributed by atoms with E-state index in [1.54, 1.807) is 12.1 Å². The molecule has 0 atom stereocenters. The van der Waals surface area contributed by atoms with Gasteiger partial charge in [0.25, 0.3) is 0 Å². The van der Waals surface area contributed by atoms with Crippen LogP contribution in [0.5, 0.6) is 0 Å². The molecular formula is C14H21FN2O2. The van der Waals surface area contributed by atoms with Gasteiger partial charge in [0.15, 0.2) is 0 Å². The van der Waals surface area contributed by atoms with Crippen LogP contribution in [0.3, 0.4) is 0 Å². The molecule has 1 aromatic rings. The van der Waals surface area contributed by atoms with E-state index in [0.29, 0.717) is 17.8 Å². The fourth-order valence-electron chi connectivity index (χ4n) is 1.61. The molecule has 1 amide bonds. The molecule has 0 heterocycles. The Bertz CT molecular complexity index is 435. The predicted octanol–water partition coefficient (Wildman–Crippen LogP) is 2.38. The summed E-state index contributed by atoms with van der Waals surface area (Å²) < 4.78 is 13.9. The molecule has 1 aromatic carbocycles. The number of anilines is 2. The highest BCUT2D eigenvalue weighted by molar-refractivity contribution is 5.90. The SMILES string of the molecule is CC(C)N(C)c1ccc(NC(=O)CCCO)cc1F. The monoisotopic (exact) mass is 268 g/mol. The topological polar surface area (TPSA) is 52.6 Å². The van der Waals surface area contributed by atoms with Gasteiger partial charge in [-0.2, -0.15) is 0 Å². The summed E-state index contributed by atoms with van der Waals surface area (Å²) in [4.78, 5) is 13.3. The second kappa shape index (κ2) is 7.09. The van der Waals surface area contributed by atoms with Crippen LogP contribution < -0.4 is 10.2 Å². The van der Waals surface area contributed by atoms with E-state index >= 15 is 0 Å². The van der Waals surface area contributed by atoms with Crippen molar-refractivity contribution in [3.8, 4) is 0 Å². The molecular weight excluding hydrogens is 247 g/mol. The van der Waals surface area contributed by atoms with Crippen molar-refractivity contribution >= 4 is 17.3 Å². The lowest BCUT2D eigenvalue weighted by Crippen LogP contribution is -2.26. The molecule has 0 bridgehead atoms. The fraction of sp³-hybridized carbons (Fsp3) is 0.500. The molecule has 0 aliphatic rings. The number of nitrogens with one attached hydrogen (secondary N) is 1. The Morgan fingerprint density at radius 2 is 2.16 bits per heavy atom. The zero-order valence-electron chi connectivity index (χ0n) is 11.6. The lowest BCUT2D eigenvalue weighted by Gasteiger charge is -2.24. The number of aliphatic hydroxyl groups excluding tert-OH is 1. The van der Waals surface area contributed by atoms with E-state index in [0.717, 1.165) is 0 Å². The zero-order valence-corrected chi connectivity index (χ0v) is 11.6. The van der Waals surface area contributed by atoms with E-state index < -0.39 is 0 Å². The van der Waals surface area contributed by atoms with Crippen molar-refractivity contribution in [2.24, 2.45) is 0 Å². The van der Waals surface area contributed by atoms with Crippen molar-refractivity contribution in [1.82, 2.24) is 0 Å². The van der Waals surface area contributed by atoms with Crippen LogP contribution in [-0.2, 0) is 4.79 Å². The highest BCUT2D eigenvalue weighted by atomic mass is 19.1. The minimum Gasteiger partial charge on any atom is -0.396 e. The first-order valence-electron chi connectivity index (χ1n) is 6.38. The number of amides is 1. The highest BCUT2D eigenvalue weighted by Gasteiger charge is 2.11. The summed E-state index contributed by atoms with van der Waals surface area (Å²) in [6, 6.07) is 4.83. The summed E-state index contributed by atoms with van der Waals surface area (Å²) in [5.74, 6) is -0.588. The van der Waals surface area contributed by atoms with Crippen LogP contribution >= 0.6 is 0 Å². The minimum atomic E-state index is -0.365. The smallest absolute Gasteiger partial charge is 0.224 e. The fourth-order valence-corrected chi connectivity index (χ4v) is 1.61. The first-order chi connectivity index (χ1) is 8.95. The maximum absolute atomic E-state index is 13.9. The molecule has 0 spiro atoms. The molecule has 106 valence electrons. The lowest BCUT2D eigenvalue weighted by atomic mass is 10.2. The van der Waals surface area contributed by atoms with Crippen LogP contribution in [0.1, 0.15) is 26.7 Å². The van der Waals surface area contributed by atoms with Gasteiger partial charge in [0.1, 0.15) is 5.82 Å². The third-order valence-corrected chi connectivity index (χ3v) is 2.95. The first kappa shape index (κ1) is 15.4. The van der Waals surface area contributed by atoms with Crippen LogP contribution in [0.25, 0.3) is 0 Å². The molecule has 2 N–H and O–H groups in total. The Kier molecular flexibility index (Phi) is 5.76. The molecule has 0 saturated carbocycles. The normalized spacial score (nSPS) is 10.6. The minimum absolute atomic E-state index is 0.0279. The van der Waals surface area contributed by atoms with Gasteiger partial charge >= 0.3 is 0 Å². The molecule has 1 rings (SSSR count). The van der Waals surface area contributed by atoms with Crippen LogP contribution in [0.15, 0.2) is 18.2 Å². The average molecular weight is 268 g/mol. The Morgan fingerprint density at radius 1 is 1.47 bits per heavy atom. The number of nitrogens with zero attached hydrogens (tertiary/aromatic N) is 1. The Hall–Kier alpha value is -1.62. The van der Waals surface area contributed by atoms with Crippen molar-refractivity contribution in [3.63, 3.8) is 0 Å². The number of benzene rings is 1. The third-order valence-electron chi connectivity index (χ3n) is 2.95. The van der Waals surface area contributed by atoms with Crippen LogP contribution in [-0.4, -0.2) is 30.7 Å². The standard InChI is InChI=1S/C14H21FN2O2/c1-10(2)17(3)13-7-6-11(9-12(13)15)16-14(19)5-4-8-18/h6-7,9-10,18H,4-5,8H2,1-3H3,(H,16,19). The molecule has 19 heavy (non-hydrogen) atoms. The van der Waals surface area contributed by atoms with Gasteiger partial charge in [-0.25, -0.2) is 4.39 Å². The Balaban J connectivity index is 2.74. The number of carbonyl (C=O) groups excluding carboxylic acids is 1. The molecule has 0 fully saturated rings. The lowest BCUT2D eigenvalue weighted by molar-refractivity contribution is -0.116. The summed E-state index contributed by atoms with van der Waals surface area (Å²) in [5.41, 5.74) is 0.935. The molecule has 4 nitrogen and oxygen atoms in total. The maximum Gasteiger partial charge on any atom is 0.224 e. The van der Waals surface area contributed by atoms with Crippen molar-refractivity contribution in [2.75, 3.05) is 23.9 Å². The molecule has 0 radical (unpaired) electrons. The predicted molar refractivity (Wildman–Crippen MR) is 74.9 cm³/mol. The van der Waals surface area contributed by atoms with E-state index in [4.69, 9.17) is 5.11 Å². The number of hydrogen-bond acceptors (Lipinski definition) is 3. The maximum atomic E-state index is 13.9. The zero-order chi connectivity index (χ0) is 14.4. The summed E-state index contributed by atoms with van der Waals surface area (Å²) in [6.45, 7) is 3.92. The molecule has 0 aromatic heterocycles. The van der Waals surface area contributed by atoms with E-state index in [9.17, 15) is 9.18 Å². The van der Waals surface area contributed by atoms with Gasteiger partial charge in [-0.15, -0.1) is 0 Å². The van der Waals surface area contributed by atoms with Gasteiger partial charge < -0.3 is 15.3 Å². The summed E-state index contributed by atoms with van der Waals surface area (Å²) in [5, 5.41) is 11.2.